The average Bonchev–Trinajstić information content (AvgIpc) is 2.42. The summed E-state index contributed by atoms with van der Waals surface area (Å²) in [5.74, 6) is -1.98. The van der Waals surface area contributed by atoms with Crippen molar-refractivity contribution in [2.24, 2.45) is 5.73 Å². The van der Waals surface area contributed by atoms with E-state index in [9.17, 15) is 19.7 Å². The number of pyridine rings is 1. The van der Waals surface area contributed by atoms with Gasteiger partial charge in [0.2, 0.25) is 0 Å². The van der Waals surface area contributed by atoms with Crippen molar-refractivity contribution in [1.82, 2.24) is 4.98 Å². The van der Waals surface area contributed by atoms with E-state index in [-0.39, 0.29) is 29.7 Å². The van der Waals surface area contributed by atoms with Gasteiger partial charge in [0.1, 0.15) is 18.6 Å². The van der Waals surface area contributed by atoms with Gasteiger partial charge in [-0.25, -0.2) is 4.98 Å². The van der Waals surface area contributed by atoms with Crippen molar-refractivity contribution < 1.29 is 19.6 Å². The molecule has 1 atom stereocenters. The molecule has 1 aromatic heterocycles. The fourth-order valence-electron chi connectivity index (χ4n) is 1.76. The number of nitro groups is 1. The number of primary amides is 1. The molecule has 0 fully saturated rings. The first-order valence-corrected chi connectivity index (χ1v) is 6.20. The first-order valence-electron chi connectivity index (χ1n) is 6.20. The molecule has 1 aromatic rings. The van der Waals surface area contributed by atoms with E-state index in [0.717, 1.165) is 12.3 Å². The van der Waals surface area contributed by atoms with E-state index < -0.39 is 16.8 Å². The number of carbonyl (C=O) groups is 2. The third-order valence-corrected chi connectivity index (χ3v) is 3.03. The van der Waals surface area contributed by atoms with Gasteiger partial charge in [0.05, 0.1) is 10.5 Å². The van der Waals surface area contributed by atoms with Crippen LogP contribution in [0.25, 0.3) is 0 Å². The Bertz CT molecular complexity index is 575. The molecule has 1 rings (SSSR count). The summed E-state index contributed by atoms with van der Waals surface area (Å²) in [6.45, 7) is 3.21. The minimum absolute atomic E-state index is 0.0323. The van der Waals surface area contributed by atoms with Gasteiger partial charge in [0.15, 0.2) is 0 Å². The Kier molecular flexibility index (Phi) is 5.17. The van der Waals surface area contributed by atoms with Gasteiger partial charge in [-0.05, 0) is 13.3 Å². The zero-order valence-electron chi connectivity index (χ0n) is 11.6. The Hall–Kier alpha value is -2.71. The molecule has 1 amide bonds. The molecule has 0 bridgehead atoms. The minimum atomic E-state index is -1.11. The lowest BCUT2D eigenvalue weighted by molar-refractivity contribution is -0.385. The topological polar surface area (TPSA) is 140 Å². The van der Waals surface area contributed by atoms with Crippen molar-refractivity contribution in [3.05, 3.63) is 27.9 Å². The van der Waals surface area contributed by atoms with Crippen molar-refractivity contribution in [3.63, 3.8) is 0 Å². The summed E-state index contributed by atoms with van der Waals surface area (Å²) in [6, 6.07) is 0.773. The molecule has 0 saturated carbocycles. The van der Waals surface area contributed by atoms with Gasteiger partial charge in [0.25, 0.3) is 11.6 Å². The lowest BCUT2D eigenvalue weighted by Gasteiger charge is -2.29. The fourth-order valence-corrected chi connectivity index (χ4v) is 1.76. The molecule has 0 spiro atoms. The highest BCUT2D eigenvalue weighted by Gasteiger charge is 2.24. The number of hydrogen-bond acceptors (Lipinski definition) is 6. The maximum atomic E-state index is 11.5. The summed E-state index contributed by atoms with van der Waals surface area (Å²) in [5, 5.41) is 19.7. The SMILES string of the molecule is CCC(C)N(CC(=O)O)c1ncc([N+](=O)[O-])cc1C(N)=O. The smallest absolute Gasteiger partial charge is 0.323 e. The van der Waals surface area contributed by atoms with Crippen LogP contribution >= 0.6 is 0 Å². The Morgan fingerprint density at radius 2 is 2.19 bits per heavy atom. The summed E-state index contributed by atoms with van der Waals surface area (Å²) >= 11 is 0. The van der Waals surface area contributed by atoms with Gasteiger partial charge in [0, 0.05) is 12.1 Å². The van der Waals surface area contributed by atoms with E-state index in [1.165, 1.54) is 4.90 Å². The third-order valence-electron chi connectivity index (χ3n) is 3.03. The van der Waals surface area contributed by atoms with Gasteiger partial charge in [-0.1, -0.05) is 6.92 Å². The molecule has 9 heteroatoms. The predicted molar refractivity (Wildman–Crippen MR) is 74.1 cm³/mol. The molecule has 3 N–H and O–H groups in total. The number of nitrogens with zero attached hydrogens (tertiary/aromatic N) is 3. The average molecular weight is 296 g/mol. The van der Waals surface area contributed by atoms with E-state index in [4.69, 9.17) is 10.8 Å². The zero-order valence-corrected chi connectivity index (χ0v) is 11.6. The van der Waals surface area contributed by atoms with E-state index in [1.54, 1.807) is 6.92 Å². The second-order valence-corrected chi connectivity index (χ2v) is 4.46. The van der Waals surface area contributed by atoms with Crippen molar-refractivity contribution in [2.45, 2.75) is 26.3 Å². The quantitative estimate of drug-likeness (QED) is 0.559. The molecule has 0 radical (unpaired) electrons. The van der Waals surface area contributed by atoms with Crippen LogP contribution in [0.4, 0.5) is 11.5 Å². The number of nitrogens with two attached hydrogens (primary N) is 1. The molecule has 0 aliphatic heterocycles. The van der Waals surface area contributed by atoms with Crippen LogP contribution in [0.1, 0.15) is 30.6 Å². The summed E-state index contributed by atoms with van der Waals surface area (Å²) < 4.78 is 0. The van der Waals surface area contributed by atoms with Crippen molar-refractivity contribution in [2.75, 3.05) is 11.4 Å². The maximum Gasteiger partial charge on any atom is 0.323 e. The number of amides is 1. The molecule has 1 heterocycles. The van der Waals surface area contributed by atoms with Gasteiger partial charge < -0.3 is 15.7 Å². The summed E-state index contributed by atoms with van der Waals surface area (Å²) in [7, 11) is 0. The maximum absolute atomic E-state index is 11.5. The first-order chi connectivity index (χ1) is 9.77. The summed E-state index contributed by atoms with van der Waals surface area (Å²) in [4.78, 5) is 37.7. The van der Waals surface area contributed by atoms with Crippen LogP contribution in [-0.2, 0) is 4.79 Å². The van der Waals surface area contributed by atoms with E-state index in [0.29, 0.717) is 6.42 Å². The van der Waals surface area contributed by atoms with E-state index >= 15 is 0 Å². The highest BCUT2D eigenvalue weighted by molar-refractivity contribution is 5.98. The number of aliphatic carboxylic acids is 1. The van der Waals surface area contributed by atoms with Crippen LogP contribution in [0.15, 0.2) is 12.3 Å². The zero-order chi connectivity index (χ0) is 16.2. The molecule has 0 aliphatic rings. The Morgan fingerprint density at radius 1 is 1.57 bits per heavy atom. The number of carboxylic acid groups (broad SMARTS) is 1. The third kappa shape index (κ3) is 3.88. The number of carboxylic acids is 1. The lowest BCUT2D eigenvalue weighted by Crippen LogP contribution is -2.39. The second-order valence-electron chi connectivity index (χ2n) is 4.46. The molecule has 21 heavy (non-hydrogen) atoms. The molecular formula is C12H16N4O5. The first kappa shape index (κ1) is 16.3. The van der Waals surface area contributed by atoms with Gasteiger partial charge in [-0.15, -0.1) is 0 Å². The van der Waals surface area contributed by atoms with Crippen LogP contribution in [0, 0.1) is 10.1 Å². The lowest BCUT2D eigenvalue weighted by atomic mass is 10.1. The van der Waals surface area contributed by atoms with Crippen LogP contribution in [-0.4, -0.2) is 39.5 Å². The van der Waals surface area contributed by atoms with Gasteiger partial charge >= 0.3 is 5.97 Å². The highest BCUT2D eigenvalue weighted by atomic mass is 16.6. The van der Waals surface area contributed by atoms with Crippen molar-refractivity contribution >= 4 is 23.4 Å². The number of hydrogen-bond donors (Lipinski definition) is 2. The van der Waals surface area contributed by atoms with Gasteiger partial charge in [-0.3, -0.25) is 19.7 Å². The highest BCUT2D eigenvalue weighted by Crippen LogP contribution is 2.24. The Morgan fingerprint density at radius 3 is 2.62 bits per heavy atom. The largest absolute Gasteiger partial charge is 0.480 e. The molecule has 1 unspecified atom stereocenters. The number of carbonyl (C=O) groups excluding carboxylic acids is 1. The standard InChI is InChI=1S/C12H16N4O5/c1-3-7(2)15(6-10(17)18)12-9(11(13)19)4-8(5-14-12)16(20)21/h4-5,7H,3,6H2,1-2H3,(H2,13,19)(H,17,18). The fraction of sp³-hybridized carbons (Fsp3) is 0.417. The molecule has 0 saturated heterocycles. The van der Waals surface area contributed by atoms with E-state index in [1.807, 2.05) is 6.92 Å². The van der Waals surface area contributed by atoms with E-state index in [2.05, 4.69) is 4.98 Å². The summed E-state index contributed by atoms with van der Waals surface area (Å²) in [6.07, 6.45) is 1.57. The predicted octanol–water partition coefficient (Wildman–Crippen LogP) is 0.778. The summed E-state index contributed by atoms with van der Waals surface area (Å²) in [5.41, 5.74) is 4.66. The number of anilines is 1. The molecule has 9 nitrogen and oxygen atoms in total. The van der Waals surface area contributed by atoms with Crippen LogP contribution in [0.3, 0.4) is 0 Å². The van der Waals surface area contributed by atoms with Gasteiger partial charge in [-0.2, -0.15) is 0 Å². The Labute approximate surface area is 120 Å². The normalized spacial score (nSPS) is 11.7. The second kappa shape index (κ2) is 6.64. The monoisotopic (exact) mass is 296 g/mol. The number of aromatic nitrogens is 1. The van der Waals surface area contributed by atoms with Crippen LogP contribution < -0.4 is 10.6 Å². The van der Waals surface area contributed by atoms with Crippen LogP contribution in [0.5, 0.6) is 0 Å². The minimum Gasteiger partial charge on any atom is -0.480 e. The molecule has 114 valence electrons. The van der Waals surface area contributed by atoms with Crippen molar-refractivity contribution in [3.8, 4) is 0 Å². The molecular weight excluding hydrogens is 280 g/mol. The van der Waals surface area contributed by atoms with Crippen molar-refractivity contribution in [1.29, 1.82) is 0 Å². The Balaban J connectivity index is 3.39. The van der Waals surface area contributed by atoms with Crippen LogP contribution in [0.2, 0.25) is 0 Å². The number of rotatable bonds is 7. The molecule has 0 aromatic carbocycles. The molecule has 0 aliphatic carbocycles.